The number of methoxy groups -OCH3 is 1. The molecule has 0 atom stereocenters. The average molecular weight is 437 g/mol. The topological polar surface area (TPSA) is 117 Å². The van der Waals surface area contributed by atoms with Crippen LogP contribution in [0, 0.1) is 16.0 Å². The molecule has 0 radical (unpaired) electrons. The Balaban J connectivity index is 1.97. The molecule has 0 aliphatic heterocycles. The van der Waals surface area contributed by atoms with Crippen molar-refractivity contribution in [2.75, 3.05) is 25.6 Å². The van der Waals surface area contributed by atoms with Crippen LogP contribution in [-0.4, -0.2) is 37.1 Å². The summed E-state index contributed by atoms with van der Waals surface area (Å²) in [6, 6.07) is 8.35. The van der Waals surface area contributed by atoms with Crippen molar-refractivity contribution in [1.82, 2.24) is 0 Å². The van der Waals surface area contributed by atoms with Crippen LogP contribution in [0.4, 0.5) is 11.4 Å². The molecule has 2 rings (SSSR count). The molecular formula is C20H21ClN2O7. The van der Waals surface area contributed by atoms with Crippen molar-refractivity contribution in [3.8, 4) is 11.5 Å². The first-order valence-corrected chi connectivity index (χ1v) is 9.30. The van der Waals surface area contributed by atoms with Crippen LogP contribution in [0.15, 0.2) is 36.4 Å². The molecule has 0 saturated heterocycles. The van der Waals surface area contributed by atoms with Gasteiger partial charge in [-0.2, -0.15) is 0 Å². The van der Waals surface area contributed by atoms with Gasteiger partial charge in [-0.15, -0.1) is 0 Å². The molecule has 1 N–H and O–H groups in total. The third-order valence-electron chi connectivity index (χ3n) is 3.73. The monoisotopic (exact) mass is 436 g/mol. The van der Waals surface area contributed by atoms with E-state index >= 15 is 0 Å². The predicted octanol–water partition coefficient (Wildman–Crippen LogP) is 4.09. The van der Waals surface area contributed by atoms with Crippen molar-refractivity contribution >= 4 is 34.9 Å². The molecule has 30 heavy (non-hydrogen) atoms. The lowest BCUT2D eigenvalue weighted by molar-refractivity contribution is -0.384. The van der Waals surface area contributed by atoms with Crippen LogP contribution in [-0.2, 0) is 9.53 Å². The summed E-state index contributed by atoms with van der Waals surface area (Å²) in [6.07, 6.45) is 0. The minimum atomic E-state index is -0.735. The minimum absolute atomic E-state index is 0.0563. The van der Waals surface area contributed by atoms with Gasteiger partial charge in [-0.25, -0.2) is 4.79 Å². The third-order valence-corrected chi connectivity index (χ3v) is 4.05. The van der Waals surface area contributed by atoms with E-state index in [-0.39, 0.29) is 22.0 Å². The summed E-state index contributed by atoms with van der Waals surface area (Å²) in [5.41, 5.74) is -0.0162. The average Bonchev–Trinajstić information content (AvgIpc) is 2.71. The summed E-state index contributed by atoms with van der Waals surface area (Å²) in [5, 5.41) is 13.3. The normalized spacial score (nSPS) is 10.4. The number of esters is 1. The molecule has 0 aliphatic rings. The number of hydrogen-bond acceptors (Lipinski definition) is 7. The molecule has 1 amide bonds. The number of benzene rings is 2. The fraction of sp³-hybridized carbons (Fsp3) is 0.300. The highest BCUT2D eigenvalue weighted by molar-refractivity contribution is 6.32. The zero-order chi connectivity index (χ0) is 22.3. The summed E-state index contributed by atoms with van der Waals surface area (Å²) < 4.78 is 15.9. The van der Waals surface area contributed by atoms with Crippen molar-refractivity contribution in [1.29, 1.82) is 0 Å². The van der Waals surface area contributed by atoms with Crippen molar-refractivity contribution in [3.63, 3.8) is 0 Å². The van der Waals surface area contributed by atoms with E-state index in [0.717, 1.165) is 6.07 Å². The van der Waals surface area contributed by atoms with Gasteiger partial charge in [0.15, 0.2) is 18.1 Å². The summed E-state index contributed by atoms with van der Waals surface area (Å²) >= 11 is 5.73. The quantitative estimate of drug-likeness (QED) is 0.357. The number of nitrogens with one attached hydrogen (secondary N) is 1. The molecule has 2 aromatic rings. The standard InChI is InChI=1S/C20H21ClN2O7/c1-12(2)10-29-17-7-4-13(8-18(17)28-3)20(25)30-11-19(24)22-14-5-6-15(21)16(9-14)23(26)27/h4-9,12H,10-11H2,1-3H3,(H,22,24). The first-order valence-electron chi connectivity index (χ1n) is 8.93. The van der Waals surface area contributed by atoms with Gasteiger partial charge < -0.3 is 19.5 Å². The highest BCUT2D eigenvalue weighted by atomic mass is 35.5. The van der Waals surface area contributed by atoms with E-state index in [9.17, 15) is 19.7 Å². The number of hydrogen-bond donors (Lipinski definition) is 1. The van der Waals surface area contributed by atoms with Gasteiger partial charge in [-0.3, -0.25) is 14.9 Å². The second-order valence-electron chi connectivity index (χ2n) is 6.62. The van der Waals surface area contributed by atoms with Crippen molar-refractivity contribution in [2.24, 2.45) is 5.92 Å². The Morgan fingerprint density at radius 2 is 1.90 bits per heavy atom. The van der Waals surface area contributed by atoms with E-state index in [4.69, 9.17) is 25.8 Å². The van der Waals surface area contributed by atoms with Gasteiger partial charge in [0.25, 0.3) is 11.6 Å². The zero-order valence-corrected chi connectivity index (χ0v) is 17.4. The molecule has 0 fully saturated rings. The van der Waals surface area contributed by atoms with Gasteiger partial charge in [0.05, 0.1) is 24.2 Å². The van der Waals surface area contributed by atoms with Crippen LogP contribution in [0.25, 0.3) is 0 Å². The van der Waals surface area contributed by atoms with E-state index < -0.39 is 23.4 Å². The largest absolute Gasteiger partial charge is 0.493 e. The Bertz CT molecular complexity index is 947. The molecule has 10 heteroatoms. The van der Waals surface area contributed by atoms with Crippen molar-refractivity contribution in [2.45, 2.75) is 13.8 Å². The van der Waals surface area contributed by atoms with E-state index in [1.54, 1.807) is 6.07 Å². The van der Waals surface area contributed by atoms with Gasteiger partial charge in [0.1, 0.15) is 5.02 Å². The lowest BCUT2D eigenvalue weighted by Gasteiger charge is -2.13. The predicted molar refractivity (Wildman–Crippen MR) is 110 cm³/mol. The van der Waals surface area contributed by atoms with Gasteiger partial charge in [0.2, 0.25) is 0 Å². The number of anilines is 1. The molecule has 160 valence electrons. The fourth-order valence-electron chi connectivity index (χ4n) is 2.31. The highest BCUT2D eigenvalue weighted by Crippen LogP contribution is 2.29. The first kappa shape index (κ1) is 23.0. The molecule has 0 aromatic heterocycles. The van der Waals surface area contributed by atoms with E-state index in [1.165, 1.54) is 31.4 Å². The van der Waals surface area contributed by atoms with E-state index in [2.05, 4.69) is 5.32 Å². The number of rotatable bonds is 9. The number of amides is 1. The summed E-state index contributed by atoms with van der Waals surface area (Å²) in [6.45, 7) is 3.92. The molecular weight excluding hydrogens is 416 g/mol. The second-order valence-corrected chi connectivity index (χ2v) is 7.03. The number of carbonyl (C=O) groups is 2. The van der Waals surface area contributed by atoms with Gasteiger partial charge in [-0.1, -0.05) is 25.4 Å². The smallest absolute Gasteiger partial charge is 0.338 e. The van der Waals surface area contributed by atoms with Crippen molar-refractivity contribution < 1.29 is 28.7 Å². The molecule has 0 aliphatic carbocycles. The highest BCUT2D eigenvalue weighted by Gasteiger charge is 2.16. The Hall–Kier alpha value is -3.33. The Morgan fingerprint density at radius 3 is 2.53 bits per heavy atom. The fourth-order valence-corrected chi connectivity index (χ4v) is 2.50. The summed E-state index contributed by atoms with van der Waals surface area (Å²) in [5.74, 6) is -0.224. The van der Waals surface area contributed by atoms with Gasteiger partial charge in [-0.05, 0) is 36.2 Å². The summed E-state index contributed by atoms with van der Waals surface area (Å²) in [4.78, 5) is 34.5. The Kier molecular flexibility index (Phi) is 7.99. The molecule has 0 bridgehead atoms. The molecule has 2 aromatic carbocycles. The van der Waals surface area contributed by atoms with Crippen molar-refractivity contribution in [3.05, 3.63) is 57.1 Å². The number of ether oxygens (including phenoxy) is 3. The minimum Gasteiger partial charge on any atom is -0.493 e. The maximum Gasteiger partial charge on any atom is 0.338 e. The van der Waals surface area contributed by atoms with Gasteiger partial charge >= 0.3 is 5.97 Å². The van der Waals surface area contributed by atoms with E-state index in [1.807, 2.05) is 13.8 Å². The van der Waals surface area contributed by atoms with Crippen LogP contribution in [0.1, 0.15) is 24.2 Å². The van der Waals surface area contributed by atoms with Crippen LogP contribution in [0.2, 0.25) is 5.02 Å². The van der Waals surface area contributed by atoms with Crippen LogP contribution in [0.3, 0.4) is 0 Å². The summed E-state index contributed by atoms with van der Waals surface area (Å²) in [7, 11) is 1.45. The maximum absolute atomic E-state index is 12.2. The Morgan fingerprint density at radius 1 is 1.17 bits per heavy atom. The number of nitro groups is 1. The molecule has 0 saturated carbocycles. The lowest BCUT2D eigenvalue weighted by Crippen LogP contribution is -2.21. The molecule has 0 heterocycles. The number of halogens is 1. The van der Waals surface area contributed by atoms with E-state index in [0.29, 0.717) is 24.0 Å². The maximum atomic E-state index is 12.2. The van der Waals surface area contributed by atoms with Gasteiger partial charge in [0, 0.05) is 11.8 Å². The van der Waals surface area contributed by atoms with Crippen LogP contribution < -0.4 is 14.8 Å². The second kappa shape index (κ2) is 10.4. The number of nitrogens with zero attached hydrogens (tertiary/aromatic N) is 1. The number of carbonyl (C=O) groups excluding carboxylic acids is 2. The van der Waals surface area contributed by atoms with Crippen LogP contribution >= 0.6 is 11.6 Å². The lowest BCUT2D eigenvalue weighted by atomic mass is 10.2. The third kappa shape index (κ3) is 6.35. The van der Waals surface area contributed by atoms with Crippen LogP contribution in [0.5, 0.6) is 11.5 Å². The molecule has 9 nitrogen and oxygen atoms in total. The molecule has 0 unspecified atom stereocenters. The SMILES string of the molecule is COc1cc(C(=O)OCC(=O)Nc2ccc(Cl)c([N+](=O)[O-])c2)ccc1OCC(C)C. The Labute approximate surface area is 178 Å². The first-order chi connectivity index (χ1) is 14.2. The number of nitro benzene ring substituents is 1. The molecule has 0 spiro atoms. The zero-order valence-electron chi connectivity index (χ0n) is 16.6.